The number of nitrogens with one attached hydrogen (secondary N) is 1. The highest BCUT2D eigenvalue weighted by molar-refractivity contribution is 5.92. The number of amides is 1. The van der Waals surface area contributed by atoms with Gasteiger partial charge in [0.15, 0.2) is 0 Å². The van der Waals surface area contributed by atoms with Crippen molar-refractivity contribution in [3.63, 3.8) is 0 Å². The molecule has 1 aromatic carbocycles. The van der Waals surface area contributed by atoms with Crippen molar-refractivity contribution in [3.8, 4) is 0 Å². The Morgan fingerprint density at radius 2 is 1.96 bits per heavy atom. The molecular formula is C18H21FN4O. The number of halogens is 1. The fourth-order valence-corrected chi connectivity index (χ4v) is 2.86. The van der Waals surface area contributed by atoms with Crippen LogP contribution in [-0.4, -0.2) is 40.4 Å². The minimum absolute atomic E-state index is 0.0470. The molecule has 1 aliphatic rings. The Morgan fingerprint density at radius 3 is 2.75 bits per heavy atom. The number of benzene rings is 1. The predicted octanol–water partition coefficient (Wildman–Crippen LogP) is 2.90. The van der Waals surface area contributed by atoms with Crippen LogP contribution in [0.4, 0.5) is 10.2 Å². The number of likely N-dealkylation sites (tertiary alicyclic amines) is 1. The maximum absolute atomic E-state index is 13.6. The van der Waals surface area contributed by atoms with E-state index in [2.05, 4.69) is 15.3 Å². The molecule has 0 saturated carbocycles. The standard InChI is InChI=1S/C18H21FN4O/c19-15-7-3-2-6-14(15)8-9-20-17-12-16(21-13-22-17)18(24)23-10-4-1-5-11-23/h2-3,6-7,12-13H,1,4-5,8-11H2,(H,20,21,22). The normalized spacial score (nSPS) is 14.5. The third kappa shape index (κ3) is 4.07. The summed E-state index contributed by atoms with van der Waals surface area (Å²) in [5, 5.41) is 3.13. The van der Waals surface area contributed by atoms with E-state index in [-0.39, 0.29) is 11.7 Å². The van der Waals surface area contributed by atoms with Crippen LogP contribution >= 0.6 is 0 Å². The van der Waals surface area contributed by atoms with Crippen molar-refractivity contribution in [1.29, 1.82) is 0 Å². The van der Waals surface area contributed by atoms with E-state index in [4.69, 9.17) is 0 Å². The van der Waals surface area contributed by atoms with Crippen molar-refractivity contribution in [3.05, 3.63) is 53.7 Å². The molecule has 0 aliphatic carbocycles. The molecule has 5 nitrogen and oxygen atoms in total. The molecule has 0 atom stereocenters. The molecule has 1 fully saturated rings. The lowest BCUT2D eigenvalue weighted by atomic mass is 10.1. The summed E-state index contributed by atoms with van der Waals surface area (Å²) in [5.41, 5.74) is 1.06. The van der Waals surface area contributed by atoms with Gasteiger partial charge in [0.05, 0.1) is 0 Å². The quantitative estimate of drug-likeness (QED) is 0.917. The van der Waals surface area contributed by atoms with Crippen LogP contribution in [0.2, 0.25) is 0 Å². The smallest absolute Gasteiger partial charge is 0.272 e. The molecule has 3 rings (SSSR count). The Kier molecular flexibility index (Phi) is 5.36. The second-order valence-corrected chi connectivity index (χ2v) is 5.91. The monoisotopic (exact) mass is 328 g/mol. The molecule has 1 aliphatic heterocycles. The number of hydrogen-bond donors (Lipinski definition) is 1. The lowest BCUT2D eigenvalue weighted by molar-refractivity contribution is 0.0718. The highest BCUT2D eigenvalue weighted by atomic mass is 19.1. The zero-order chi connectivity index (χ0) is 16.8. The largest absolute Gasteiger partial charge is 0.370 e. The van der Waals surface area contributed by atoms with E-state index in [9.17, 15) is 9.18 Å². The molecule has 2 heterocycles. The zero-order valence-corrected chi connectivity index (χ0v) is 13.5. The van der Waals surface area contributed by atoms with Gasteiger partial charge in [-0.05, 0) is 37.3 Å². The molecule has 126 valence electrons. The molecule has 0 unspecified atom stereocenters. The van der Waals surface area contributed by atoms with E-state index in [1.54, 1.807) is 18.2 Å². The van der Waals surface area contributed by atoms with Crippen LogP contribution in [0.25, 0.3) is 0 Å². The first kappa shape index (κ1) is 16.4. The Morgan fingerprint density at radius 1 is 1.17 bits per heavy atom. The second kappa shape index (κ2) is 7.86. The molecule has 24 heavy (non-hydrogen) atoms. The summed E-state index contributed by atoms with van der Waals surface area (Å²) in [4.78, 5) is 22.5. The minimum atomic E-state index is -0.206. The van der Waals surface area contributed by atoms with Crippen LogP contribution in [0.5, 0.6) is 0 Å². The number of carbonyl (C=O) groups is 1. The van der Waals surface area contributed by atoms with Crippen molar-refractivity contribution in [2.45, 2.75) is 25.7 Å². The van der Waals surface area contributed by atoms with E-state index in [0.29, 0.717) is 30.0 Å². The molecule has 0 radical (unpaired) electrons. The van der Waals surface area contributed by atoms with Crippen molar-refractivity contribution in [2.24, 2.45) is 0 Å². The molecule has 1 aromatic heterocycles. The van der Waals surface area contributed by atoms with Crippen molar-refractivity contribution < 1.29 is 9.18 Å². The van der Waals surface area contributed by atoms with Crippen LogP contribution in [0, 0.1) is 5.82 Å². The van der Waals surface area contributed by atoms with Gasteiger partial charge in [-0.2, -0.15) is 0 Å². The summed E-state index contributed by atoms with van der Waals surface area (Å²) < 4.78 is 13.6. The van der Waals surface area contributed by atoms with Gasteiger partial charge in [-0.25, -0.2) is 14.4 Å². The van der Waals surface area contributed by atoms with E-state index in [1.165, 1.54) is 18.8 Å². The first-order valence-electron chi connectivity index (χ1n) is 8.32. The van der Waals surface area contributed by atoms with Crippen molar-refractivity contribution in [1.82, 2.24) is 14.9 Å². The van der Waals surface area contributed by atoms with Gasteiger partial charge >= 0.3 is 0 Å². The van der Waals surface area contributed by atoms with E-state index in [0.717, 1.165) is 25.9 Å². The van der Waals surface area contributed by atoms with Crippen LogP contribution in [0.1, 0.15) is 35.3 Å². The first-order valence-corrected chi connectivity index (χ1v) is 8.32. The SMILES string of the molecule is O=C(c1cc(NCCc2ccccc2F)ncn1)N1CCCCC1. The number of rotatable bonds is 5. The molecular weight excluding hydrogens is 307 g/mol. The number of anilines is 1. The summed E-state index contributed by atoms with van der Waals surface area (Å²) in [7, 11) is 0. The summed E-state index contributed by atoms with van der Waals surface area (Å²) in [5.74, 6) is 0.332. The summed E-state index contributed by atoms with van der Waals surface area (Å²) in [6.45, 7) is 2.12. The number of nitrogens with zero attached hydrogens (tertiary/aromatic N) is 3. The van der Waals surface area contributed by atoms with Crippen molar-refractivity contribution >= 4 is 11.7 Å². The molecule has 1 amide bonds. The van der Waals surface area contributed by atoms with Gasteiger partial charge in [-0.1, -0.05) is 18.2 Å². The summed E-state index contributed by atoms with van der Waals surface area (Å²) in [6, 6.07) is 8.38. The number of hydrogen-bond acceptors (Lipinski definition) is 4. The fraction of sp³-hybridized carbons (Fsp3) is 0.389. The van der Waals surface area contributed by atoms with Gasteiger partial charge in [0.1, 0.15) is 23.7 Å². The zero-order valence-electron chi connectivity index (χ0n) is 13.5. The van der Waals surface area contributed by atoms with Gasteiger partial charge in [0.25, 0.3) is 5.91 Å². The molecule has 1 saturated heterocycles. The minimum Gasteiger partial charge on any atom is -0.370 e. The number of piperidine rings is 1. The highest BCUT2D eigenvalue weighted by Crippen LogP contribution is 2.14. The van der Waals surface area contributed by atoms with E-state index < -0.39 is 0 Å². The Labute approximate surface area is 140 Å². The average molecular weight is 328 g/mol. The lowest BCUT2D eigenvalue weighted by Crippen LogP contribution is -2.36. The van der Waals surface area contributed by atoms with Gasteiger partial charge in [-0.15, -0.1) is 0 Å². The Bertz CT molecular complexity index is 701. The molecule has 2 aromatic rings. The maximum Gasteiger partial charge on any atom is 0.272 e. The lowest BCUT2D eigenvalue weighted by Gasteiger charge is -2.26. The number of carbonyl (C=O) groups excluding carboxylic acids is 1. The third-order valence-electron chi connectivity index (χ3n) is 4.19. The van der Waals surface area contributed by atoms with Gasteiger partial charge in [0, 0.05) is 25.7 Å². The maximum atomic E-state index is 13.6. The second-order valence-electron chi connectivity index (χ2n) is 5.91. The van der Waals surface area contributed by atoms with Gasteiger partial charge < -0.3 is 10.2 Å². The summed E-state index contributed by atoms with van der Waals surface area (Å²) >= 11 is 0. The van der Waals surface area contributed by atoms with E-state index >= 15 is 0 Å². The molecule has 6 heteroatoms. The Balaban J connectivity index is 1.59. The first-order chi connectivity index (χ1) is 11.7. The van der Waals surface area contributed by atoms with Crippen LogP contribution in [-0.2, 0) is 6.42 Å². The van der Waals surface area contributed by atoms with Gasteiger partial charge in [0.2, 0.25) is 0 Å². The van der Waals surface area contributed by atoms with E-state index in [1.807, 2.05) is 11.0 Å². The van der Waals surface area contributed by atoms with Crippen LogP contribution in [0.3, 0.4) is 0 Å². The molecule has 0 spiro atoms. The highest BCUT2D eigenvalue weighted by Gasteiger charge is 2.19. The topological polar surface area (TPSA) is 58.1 Å². The van der Waals surface area contributed by atoms with Gasteiger partial charge in [-0.3, -0.25) is 4.79 Å². The fourth-order valence-electron chi connectivity index (χ4n) is 2.86. The predicted molar refractivity (Wildman–Crippen MR) is 90.4 cm³/mol. The van der Waals surface area contributed by atoms with Crippen LogP contribution < -0.4 is 5.32 Å². The number of aromatic nitrogens is 2. The van der Waals surface area contributed by atoms with Crippen molar-refractivity contribution in [2.75, 3.05) is 25.0 Å². The molecule has 1 N–H and O–H groups in total. The third-order valence-corrected chi connectivity index (χ3v) is 4.19. The molecule has 0 bridgehead atoms. The summed E-state index contributed by atoms with van der Waals surface area (Å²) in [6.07, 6.45) is 5.21. The van der Waals surface area contributed by atoms with Crippen LogP contribution in [0.15, 0.2) is 36.7 Å². The average Bonchev–Trinajstić information content (AvgIpc) is 2.64. The Hall–Kier alpha value is -2.50.